The number of hydrogen-bond donors (Lipinski definition) is 1. The van der Waals surface area contributed by atoms with Gasteiger partial charge in [0.1, 0.15) is 16.5 Å². The summed E-state index contributed by atoms with van der Waals surface area (Å²) in [5.74, 6) is 0.732. The zero-order valence-electron chi connectivity index (χ0n) is 12.3. The summed E-state index contributed by atoms with van der Waals surface area (Å²) in [6, 6.07) is 1.81. The Morgan fingerprint density at radius 1 is 1.48 bits per heavy atom. The predicted molar refractivity (Wildman–Crippen MR) is 80.6 cm³/mol. The lowest BCUT2D eigenvalue weighted by molar-refractivity contribution is 0.367. The van der Waals surface area contributed by atoms with Gasteiger partial charge in [0.05, 0.1) is 25.0 Å². The van der Waals surface area contributed by atoms with Crippen LogP contribution in [0.2, 0.25) is 5.02 Å². The Labute approximate surface area is 127 Å². The van der Waals surface area contributed by atoms with Crippen molar-refractivity contribution in [2.45, 2.75) is 20.0 Å². The van der Waals surface area contributed by atoms with Crippen LogP contribution in [0.4, 0.5) is 5.69 Å². The van der Waals surface area contributed by atoms with Crippen LogP contribution in [0.5, 0.6) is 0 Å². The third-order valence-electron chi connectivity index (χ3n) is 2.88. The molecule has 2 heterocycles. The average Bonchev–Trinajstić information content (AvgIpc) is 2.85. The maximum Gasteiger partial charge on any atom is 0.287 e. The van der Waals surface area contributed by atoms with Crippen molar-refractivity contribution in [3.63, 3.8) is 0 Å². The van der Waals surface area contributed by atoms with Crippen LogP contribution in [-0.2, 0) is 13.1 Å². The SMILES string of the molecule is Cc1cc(CNc2cnn(CCN(C)C)c(=O)c2Cl)no1. The van der Waals surface area contributed by atoms with Gasteiger partial charge in [-0.25, -0.2) is 4.68 Å². The first kappa shape index (κ1) is 15.5. The minimum absolute atomic E-state index is 0.129. The van der Waals surface area contributed by atoms with Gasteiger partial charge < -0.3 is 14.7 Å². The molecule has 0 saturated heterocycles. The Hall–Kier alpha value is -1.86. The van der Waals surface area contributed by atoms with E-state index in [9.17, 15) is 4.79 Å². The lowest BCUT2D eigenvalue weighted by Crippen LogP contribution is -2.29. The fourth-order valence-corrected chi connectivity index (χ4v) is 1.94. The highest BCUT2D eigenvalue weighted by atomic mass is 35.5. The molecule has 2 aromatic heterocycles. The van der Waals surface area contributed by atoms with Gasteiger partial charge in [0.2, 0.25) is 0 Å². The second-order valence-electron chi connectivity index (χ2n) is 4.99. The van der Waals surface area contributed by atoms with Crippen LogP contribution in [-0.4, -0.2) is 40.5 Å². The molecule has 114 valence electrons. The zero-order chi connectivity index (χ0) is 15.4. The Morgan fingerprint density at radius 3 is 2.86 bits per heavy atom. The van der Waals surface area contributed by atoms with Crippen LogP contribution in [0.25, 0.3) is 0 Å². The first-order valence-electron chi connectivity index (χ1n) is 6.54. The average molecular weight is 312 g/mol. The topological polar surface area (TPSA) is 76.2 Å². The molecule has 0 radical (unpaired) electrons. The summed E-state index contributed by atoms with van der Waals surface area (Å²) in [6.45, 7) is 3.44. The monoisotopic (exact) mass is 311 g/mol. The van der Waals surface area contributed by atoms with Gasteiger partial charge in [-0.05, 0) is 21.0 Å². The van der Waals surface area contributed by atoms with E-state index in [1.807, 2.05) is 32.0 Å². The molecule has 2 aromatic rings. The minimum Gasteiger partial charge on any atom is -0.377 e. The number of halogens is 1. The molecule has 0 unspecified atom stereocenters. The fourth-order valence-electron chi connectivity index (χ4n) is 1.73. The van der Waals surface area contributed by atoms with Crippen LogP contribution < -0.4 is 10.9 Å². The molecule has 0 aliphatic carbocycles. The van der Waals surface area contributed by atoms with Crippen molar-refractivity contribution in [1.82, 2.24) is 19.8 Å². The standard InChI is InChI=1S/C13H18ClN5O2/c1-9-6-10(17-21-9)7-15-11-8-16-19(5-4-18(2)3)13(20)12(11)14/h6,8,15H,4-5,7H2,1-3H3. The van der Waals surface area contributed by atoms with Crippen LogP contribution in [0.3, 0.4) is 0 Å². The smallest absolute Gasteiger partial charge is 0.287 e. The van der Waals surface area contributed by atoms with Gasteiger partial charge in [-0.3, -0.25) is 4.79 Å². The molecular weight excluding hydrogens is 294 g/mol. The molecule has 2 rings (SSSR count). The molecule has 0 atom stereocenters. The van der Waals surface area contributed by atoms with Gasteiger partial charge in [0.25, 0.3) is 5.56 Å². The Balaban J connectivity index is 2.07. The highest BCUT2D eigenvalue weighted by molar-refractivity contribution is 6.32. The highest BCUT2D eigenvalue weighted by Crippen LogP contribution is 2.16. The van der Waals surface area contributed by atoms with E-state index < -0.39 is 0 Å². The lowest BCUT2D eigenvalue weighted by Gasteiger charge is -2.12. The minimum atomic E-state index is -0.306. The second kappa shape index (κ2) is 6.73. The molecule has 0 aliphatic rings. The quantitative estimate of drug-likeness (QED) is 0.868. The molecule has 7 nitrogen and oxygen atoms in total. The molecule has 0 spiro atoms. The number of hydrogen-bond acceptors (Lipinski definition) is 6. The molecule has 0 saturated carbocycles. The van der Waals surface area contributed by atoms with E-state index in [0.29, 0.717) is 25.3 Å². The maximum atomic E-state index is 12.1. The summed E-state index contributed by atoms with van der Waals surface area (Å²) < 4.78 is 6.33. The van der Waals surface area contributed by atoms with Crippen molar-refractivity contribution in [3.8, 4) is 0 Å². The van der Waals surface area contributed by atoms with Crippen molar-refractivity contribution in [2.24, 2.45) is 0 Å². The number of nitrogens with zero attached hydrogens (tertiary/aromatic N) is 4. The summed E-state index contributed by atoms with van der Waals surface area (Å²) in [7, 11) is 3.87. The van der Waals surface area contributed by atoms with Crippen molar-refractivity contribution in [1.29, 1.82) is 0 Å². The summed E-state index contributed by atoms with van der Waals surface area (Å²) in [4.78, 5) is 14.1. The summed E-state index contributed by atoms with van der Waals surface area (Å²) in [5, 5.41) is 11.1. The third-order valence-corrected chi connectivity index (χ3v) is 3.25. The van der Waals surface area contributed by atoms with Gasteiger partial charge in [0.15, 0.2) is 0 Å². The van der Waals surface area contributed by atoms with Crippen LogP contribution in [0.1, 0.15) is 11.5 Å². The Kier molecular flexibility index (Phi) is 4.98. The van der Waals surface area contributed by atoms with Gasteiger partial charge in [-0.2, -0.15) is 5.10 Å². The van der Waals surface area contributed by atoms with Crippen LogP contribution >= 0.6 is 11.6 Å². The molecule has 0 aliphatic heterocycles. The predicted octanol–water partition coefficient (Wildman–Crippen LogP) is 1.37. The van der Waals surface area contributed by atoms with E-state index in [1.165, 1.54) is 4.68 Å². The third kappa shape index (κ3) is 4.05. The fraction of sp³-hybridized carbons (Fsp3) is 0.462. The van der Waals surface area contributed by atoms with E-state index in [1.54, 1.807) is 6.20 Å². The summed E-state index contributed by atoms with van der Waals surface area (Å²) in [6.07, 6.45) is 1.55. The van der Waals surface area contributed by atoms with Gasteiger partial charge in [-0.15, -0.1) is 0 Å². The molecule has 0 bridgehead atoms. The first-order chi connectivity index (χ1) is 9.97. The molecule has 0 fully saturated rings. The molecule has 0 amide bonds. The number of aryl methyl sites for hydroxylation is 1. The normalized spacial score (nSPS) is 11.1. The number of anilines is 1. The van der Waals surface area contributed by atoms with Crippen molar-refractivity contribution in [2.75, 3.05) is 26.0 Å². The van der Waals surface area contributed by atoms with Gasteiger partial charge >= 0.3 is 0 Å². The molecule has 21 heavy (non-hydrogen) atoms. The summed E-state index contributed by atoms with van der Waals surface area (Å²) in [5.41, 5.74) is 0.920. The molecule has 1 N–H and O–H groups in total. The Bertz CT molecular complexity index is 665. The van der Waals surface area contributed by atoms with Gasteiger partial charge in [0, 0.05) is 12.6 Å². The number of aromatic nitrogens is 3. The van der Waals surface area contributed by atoms with Crippen LogP contribution in [0, 0.1) is 6.92 Å². The number of likely N-dealkylation sites (N-methyl/N-ethyl adjacent to an activating group) is 1. The Morgan fingerprint density at radius 2 is 2.24 bits per heavy atom. The number of nitrogens with one attached hydrogen (secondary N) is 1. The van der Waals surface area contributed by atoms with E-state index >= 15 is 0 Å². The van der Waals surface area contributed by atoms with Gasteiger partial charge in [-0.1, -0.05) is 16.8 Å². The van der Waals surface area contributed by atoms with Crippen molar-refractivity contribution < 1.29 is 4.52 Å². The van der Waals surface area contributed by atoms with Crippen molar-refractivity contribution in [3.05, 3.63) is 39.1 Å². The van der Waals surface area contributed by atoms with Crippen LogP contribution in [0.15, 0.2) is 21.6 Å². The zero-order valence-corrected chi connectivity index (χ0v) is 13.0. The maximum absolute atomic E-state index is 12.1. The van der Waals surface area contributed by atoms with Crippen molar-refractivity contribution >= 4 is 17.3 Å². The van der Waals surface area contributed by atoms with E-state index in [0.717, 1.165) is 11.5 Å². The largest absolute Gasteiger partial charge is 0.377 e. The number of rotatable bonds is 6. The molecule has 0 aromatic carbocycles. The molecular formula is C13H18ClN5O2. The van der Waals surface area contributed by atoms with E-state index in [-0.39, 0.29) is 10.6 Å². The highest BCUT2D eigenvalue weighted by Gasteiger charge is 2.10. The second-order valence-corrected chi connectivity index (χ2v) is 5.36. The first-order valence-corrected chi connectivity index (χ1v) is 6.91. The lowest BCUT2D eigenvalue weighted by atomic mass is 10.3. The molecule has 8 heteroatoms. The van der Waals surface area contributed by atoms with E-state index in [4.69, 9.17) is 16.1 Å². The van der Waals surface area contributed by atoms with E-state index in [2.05, 4.69) is 15.6 Å². The summed E-state index contributed by atoms with van der Waals surface area (Å²) >= 11 is 6.09.